The van der Waals surface area contributed by atoms with Gasteiger partial charge in [-0.05, 0) is 48.9 Å². The number of sulfonamides is 1. The molecule has 5 nitrogen and oxygen atoms in total. The number of benzene rings is 3. The molecule has 0 radical (unpaired) electrons. The molecule has 4 rings (SSSR count). The maximum absolute atomic E-state index is 13.1. The Balaban J connectivity index is 1.89. The average molecular weight is 468 g/mol. The molecule has 1 aromatic heterocycles. The quantitative estimate of drug-likeness (QED) is 0.426. The van der Waals surface area contributed by atoms with Crippen molar-refractivity contribution in [2.75, 3.05) is 4.72 Å². The van der Waals surface area contributed by atoms with Crippen LogP contribution in [0.1, 0.15) is 5.69 Å². The molecule has 0 aliphatic rings. The molecule has 0 aliphatic carbocycles. The van der Waals surface area contributed by atoms with E-state index >= 15 is 0 Å². The highest BCUT2D eigenvalue weighted by Gasteiger charge is 2.23. The number of nitrogens with one attached hydrogen (secondary N) is 1. The van der Waals surface area contributed by atoms with E-state index in [1.165, 1.54) is 0 Å². The molecule has 1 heterocycles. The zero-order valence-electron chi connectivity index (χ0n) is 15.6. The van der Waals surface area contributed by atoms with Crippen molar-refractivity contribution in [1.82, 2.24) is 9.78 Å². The van der Waals surface area contributed by atoms with Crippen molar-refractivity contribution in [3.8, 4) is 16.8 Å². The topological polar surface area (TPSA) is 64.0 Å². The van der Waals surface area contributed by atoms with Crippen molar-refractivity contribution >= 4 is 31.8 Å². The van der Waals surface area contributed by atoms with Crippen molar-refractivity contribution < 1.29 is 8.42 Å². The van der Waals surface area contributed by atoms with Gasteiger partial charge >= 0.3 is 0 Å². The monoisotopic (exact) mass is 467 g/mol. The molecule has 7 heteroatoms. The molecule has 0 bridgehead atoms. The number of anilines is 1. The molecule has 0 atom stereocenters. The highest BCUT2D eigenvalue weighted by Crippen LogP contribution is 2.34. The Morgan fingerprint density at radius 1 is 0.862 bits per heavy atom. The second-order valence-electron chi connectivity index (χ2n) is 6.48. The summed E-state index contributed by atoms with van der Waals surface area (Å²) in [7, 11) is -3.81. The normalized spacial score (nSPS) is 11.4. The second kappa shape index (κ2) is 7.85. The van der Waals surface area contributed by atoms with Gasteiger partial charge in [-0.3, -0.25) is 4.72 Å². The molecule has 0 aliphatic heterocycles. The van der Waals surface area contributed by atoms with E-state index in [0.717, 1.165) is 27.0 Å². The first-order valence-electron chi connectivity index (χ1n) is 8.94. The van der Waals surface area contributed by atoms with Gasteiger partial charge in [0.25, 0.3) is 10.0 Å². The zero-order valence-corrected chi connectivity index (χ0v) is 18.0. The highest BCUT2D eigenvalue weighted by atomic mass is 79.9. The van der Waals surface area contributed by atoms with Crippen LogP contribution in [0.25, 0.3) is 16.8 Å². The van der Waals surface area contributed by atoms with Crippen molar-refractivity contribution in [2.45, 2.75) is 11.8 Å². The Kier molecular flexibility index (Phi) is 5.25. The van der Waals surface area contributed by atoms with Gasteiger partial charge in [-0.15, -0.1) is 0 Å². The van der Waals surface area contributed by atoms with Gasteiger partial charge in [0.2, 0.25) is 0 Å². The third-order valence-electron chi connectivity index (χ3n) is 4.48. The predicted molar refractivity (Wildman–Crippen MR) is 119 cm³/mol. The van der Waals surface area contributed by atoms with Crippen LogP contribution in [0.15, 0.2) is 94.3 Å². The summed E-state index contributed by atoms with van der Waals surface area (Å²) in [5.41, 5.74) is 3.13. The average Bonchev–Trinajstić information content (AvgIpc) is 3.05. The minimum atomic E-state index is -3.81. The molecule has 146 valence electrons. The predicted octanol–water partition coefficient (Wildman–Crippen LogP) is 5.41. The first-order chi connectivity index (χ1) is 14.0. The standard InChI is InChI=1S/C22H18BrN3O2S/c1-16-21(17-8-4-2-5-9-17)22(26(24-16)19-10-6-3-7-11-19)25-29(27,28)20-14-12-18(23)13-15-20/h2-15,25H,1H3. The molecule has 4 aromatic rings. The maximum Gasteiger partial charge on any atom is 0.263 e. The molecule has 0 fully saturated rings. The van der Waals surface area contributed by atoms with Crippen LogP contribution in [-0.4, -0.2) is 18.2 Å². The van der Waals surface area contributed by atoms with E-state index in [1.807, 2.05) is 67.6 Å². The Hall–Kier alpha value is -2.90. The Morgan fingerprint density at radius 3 is 2.07 bits per heavy atom. The van der Waals surface area contributed by atoms with Gasteiger partial charge in [-0.2, -0.15) is 5.10 Å². The summed E-state index contributed by atoms with van der Waals surface area (Å²) in [5.74, 6) is 0.405. The number of halogens is 1. The summed E-state index contributed by atoms with van der Waals surface area (Å²) < 4.78 is 31.5. The van der Waals surface area contributed by atoms with Crippen LogP contribution in [0.3, 0.4) is 0 Å². The van der Waals surface area contributed by atoms with Gasteiger partial charge in [-0.1, -0.05) is 64.5 Å². The lowest BCUT2D eigenvalue weighted by Gasteiger charge is -2.13. The summed E-state index contributed by atoms with van der Waals surface area (Å²) in [6, 6.07) is 25.6. The van der Waals surface area contributed by atoms with Crippen LogP contribution in [0.4, 0.5) is 5.82 Å². The fourth-order valence-corrected chi connectivity index (χ4v) is 4.45. The van der Waals surface area contributed by atoms with Gasteiger partial charge in [0.05, 0.1) is 16.3 Å². The third-order valence-corrected chi connectivity index (χ3v) is 6.36. The Labute approximate surface area is 178 Å². The number of aryl methyl sites for hydroxylation is 1. The number of rotatable bonds is 5. The molecule has 3 aromatic carbocycles. The molecular formula is C22H18BrN3O2S. The molecule has 0 saturated heterocycles. The number of hydrogen-bond acceptors (Lipinski definition) is 3. The van der Waals surface area contributed by atoms with E-state index in [-0.39, 0.29) is 4.90 Å². The molecule has 0 amide bonds. The first-order valence-corrected chi connectivity index (χ1v) is 11.2. The van der Waals surface area contributed by atoms with E-state index in [0.29, 0.717) is 5.82 Å². The van der Waals surface area contributed by atoms with Gasteiger partial charge in [0.1, 0.15) is 0 Å². The van der Waals surface area contributed by atoms with E-state index in [9.17, 15) is 8.42 Å². The van der Waals surface area contributed by atoms with Gasteiger partial charge in [0.15, 0.2) is 5.82 Å². The molecular weight excluding hydrogens is 450 g/mol. The van der Waals surface area contributed by atoms with Gasteiger partial charge in [0, 0.05) is 10.0 Å². The lowest BCUT2D eigenvalue weighted by molar-refractivity contribution is 0.600. The fraction of sp³-hybridized carbons (Fsp3) is 0.0455. The van der Waals surface area contributed by atoms with Gasteiger partial charge < -0.3 is 0 Å². The van der Waals surface area contributed by atoms with Crippen LogP contribution in [0.2, 0.25) is 0 Å². The van der Waals surface area contributed by atoms with Crippen LogP contribution in [0.5, 0.6) is 0 Å². The lowest BCUT2D eigenvalue weighted by atomic mass is 10.1. The van der Waals surface area contributed by atoms with Crippen LogP contribution in [-0.2, 0) is 10.0 Å². The first kappa shape index (κ1) is 19.4. The molecule has 0 saturated carbocycles. The fourth-order valence-electron chi connectivity index (χ4n) is 3.13. The largest absolute Gasteiger partial charge is 0.263 e. The zero-order chi connectivity index (χ0) is 20.4. The van der Waals surface area contributed by atoms with E-state index < -0.39 is 10.0 Å². The number of aromatic nitrogens is 2. The summed E-state index contributed by atoms with van der Waals surface area (Å²) in [4.78, 5) is 0.179. The smallest absolute Gasteiger partial charge is 0.263 e. The number of para-hydroxylation sites is 1. The van der Waals surface area contributed by atoms with Crippen molar-refractivity contribution in [3.05, 3.63) is 95.1 Å². The minimum absolute atomic E-state index is 0.179. The van der Waals surface area contributed by atoms with Crippen LogP contribution < -0.4 is 4.72 Å². The van der Waals surface area contributed by atoms with Crippen LogP contribution in [0, 0.1) is 6.92 Å². The van der Waals surface area contributed by atoms with Crippen molar-refractivity contribution in [2.24, 2.45) is 0 Å². The highest BCUT2D eigenvalue weighted by molar-refractivity contribution is 9.10. The molecule has 1 N–H and O–H groups in total. The SMILES string of the molecule is Cc1nn(-c2ccccc2)c(NS(=O)(=O)c2ccc(Br)cc2)c1-c1ccccc1. The molecule has 0 unspecified atom stereocenters. The summed E-state index contributed by atoms with van der Waals surface area (Å²) >= 11 is 3.34. The third kappa shape index (κ3) is 3.97. The van der Waals surface area contributed by atoms with Crippen molar-refractivity contribution in [1.29, 1.82) is 0 Å². The lowest BCUT2D eigenvalue weighted by Crippen LogP contribution is -2.16. The number of hydrogen-bond donors (Lipinski definition) is 1. The Bertz CT molecular complexity index is 1240. The van der Waals surface area contributed by atoms with E-state index in [2.05, 4.69) is 25.8 Å². The van der Waals surface area contributed by atoms with Crippen LogP contribution >= 0.6 is 15.9 Å². The maximum atomic E-state index is 13.1. The summed E-state index contributed by atoms with van der Waals surface area (Å²) in [6.45, 7) is 1.87. The van der Waals surface area contributed by atoms with E-state index in [4.69, 9.17) is 0 Å². The summed E-state index contributed by atoms with van der Waals surface area (Å²) in [6.07, 6.45) is 0. The minimum Gasteiger partial charge on any atom is -0.263 e. The van der Waals surface area contributed by atoms with E-state index in [1.54, 1.807) is 28.9 Å². The van der Waals surface area contributed by atoms with Gasteiger partial charge in [-0.25, -0.2) is 13.1 Å². The summed E-state index contributed by atoms with van der Waals surface area (Å²) in [5, 5.41) is 4.63. The molecule has 0 spiro atoms. The second-order valence-corrected chi connectivity index (χ2v) is 9.08. The Morgan fingerprint density at radius 2 is 1.45 bits per heavy atom. The van der Waals surface area contributed by atoms with Crippen molar-refractivity contribution in [3.63, 3.8) is 0 Å². The molecule has 29 heavy (non-hydrogen) atoms. The number of nitrogens with zero attached hydrogens (tertiary/aromatic N) is 2.